The molecule has 3 aromatic carbocycles. The van der Waals surface area contributed by atoms with E-state index in [0.717, 1.165) is 9.87 Å². The molecule has 0 bridgehead atoms. The third-order valence-electron chi connectivity index (χ3n) is 4.47. The quantitative estimate of drug-likeness (QED) is 0.555. The van der Waals surface area contributed by atoms with Crippen LogP contribution < -0.4 is 14.4 Å². The van der Waals surface area contributed by atoms with Gasteiger partial charge in [-0.3, -0.25) is 9.10 Å². The van der Waals surface area contributed by atoms with Gasteiger partial charge in [0.05, 0.1) is 28.4 Å². The van der Waals surface area contributed by atoms with E-state index in [-0.39, 0.29) is 21.3 Å². The van der Waals surface area contributed by atoms with Crippen LogP contribution in [-0.2, 0) is 14.8 Å². The molecule has 1 N–H and O–H groups in total. The van der Waals surface area contributed by atoms with E-state index in [0.29, 0.717) is 5.75 Å². The number of hydrogen-bond donors (Lipinski definition) is 1. The fourth-order valence-corrected chi connectivity index (χ4v) is 4.51. The van der Waals surface area contributed by atoms with Crippen LogP contribution in [0.3, 0.4) is 0 Å². The van der Waals surface area contributed by atoms with E-state index in [1.54, 1.807) is 18.2 Å². The number of rotatable bonds is 7. The number of benzene rings is 3. The molecule has 1 amide bonds. The van der Waals surface area contributed by atoms with Crippen molar-refractivity contribution in [2.75, 3.05) is 23.3 Å². The van der Waals surface area contributed by atoms with Crippen LogP contribution in [0.5, 0.6) is 5.75 Å². The van der Waals surface area contributed by atoms with Crippen molar-refractivity contribution in [1.82, 2.24) is 0 Å². The fraction of sp³-hybridized carbons (Fsp3) is 0.136. The van der Waals surface area contributed by atoms with Crippen molar-refractivity contribution in [3.05, 3.63) is 83.1 Å². The zero-order valence-corrected chi connectivity index (χ0v) is 18.4. The average Bonchev–Trinajstić information content (AvgIpc) is 2.74. The van der Waals surface area contributed by atoms with Crippen LogP contribution in [0, 0.1) is 12.7 Å². The summed E-state index contributed by atoms with van der Waals surface area (Å²) in [5.74, 6) is -0.988. The molecular formula is C22H20ClFN2O4S. The predicted octanol–water partition coefficient (Wildman–Crippen LogP) is 4.63. The van der Waals surface area contributed by atoms with E-state index in [9.17, 15) is 17.6 Å². The number of nitrogens with one attached hydrogen (secondary N) is 1. The summed E-state index contributed by atoms with van der Waals surface area (Å²) in [5.41, 5.74) is 0.998. The van der Waals surface area contributed by atoms with Gasteiger partial charge in [0, 0.05) is 0 Å². The zero-order chi connectivity index (χ0) is 22.6. The Kier molecular flexibility index (Phi) is 6.82. The van der Waals surface area contributed by atoms with Crippen LogP contribution in [0.4, 0.5) is 15.8 Å². The van der Waals surface area contributed by atoms with E-state index < -0.39 is 28.3 Å². The molecular weight excluding hydrogens is 443 g/mol. The van der Waals surface area contributed by atoms with Gasteiger partial charge in [0.2, 0.25) is 5.91 Å². The van der Waals surface area contributed by atoms with Gasteiger partial charge in [0.1, 0.15) is 18.1 Å². The topological polar surface area (TPSA) is 75.7 Å². The van der Waals surface area contributed by atoms with Crippen molar-refractivity contribution in [1.29, 1.82) is 0 Å². The molecule has 0 aliphatic heterocycles. The minimum absolute atomic E-state index is 0.00346. The number of amides is 1. The number of methoxy groups -OCH3 is 1. The Morgan fingerprint density at radius 1 is 1.10 bits per heavy atom. The molecule has 6 nitrogen and oxygen atoms in total. The number of nitrogens with zero attached hydrogens (tertiary/aromatic N) is 1. The van der Waals surface area contributed by atoms with Crippen molar-refractivity contribution in [2.45, 2.75) is 11.8 Å². The molecule has 0 fully saturated rings. The van der Waals surface area contributed by atoms with Crippen molar-refractivity contribution < 1.29 is 22.3 Å². The van der Waals surface area contributed by atoms with E-state index in [2.05, 4.69) is 5.32 Å². The highest BCUT2D eigenvalue weighted by Gasteiger charge is 2.28. The number of para-hydroxylation sites is 1. The first kappa shape index (κ1) is 22.6. The minimum Gasteiger partial charge on any atom is -0.495 e. The largest absolute Gasteiger partial charge is 0.495 e. The highest BCUT2D eigenvalue weighted by molar-refractivity contribution is 7.92. The van der Waals surface area contributed by atoms with Gasteiger partial charge in [0.15, 0.2) is 0 Å². The molecule has 0 saturated heterocycles. The Labute approximate surface area is 185 Å². The summed E-state index contributed by atoms with van der Waals surface area (Å²) in [7, 11) is -2.69. The van der Waals surface area contributed by atoms with Crippen molar-refractivity contribution in [2.24, 2.45) is 0 Å². The molecule has 0 spiro atoms. The minimum atomic E-state index is -4.13. The highest BCUT2D eigenvalue weighted by atomic mass is 35.5. The molecule has 9 heteroatoms. The summed E-state index contributed by atoms with van der Waals surface area (Å²) in [6.07, 6.45) is 0. The highest BCUT2D eigenvalue weighted by Crippen LogP contribution is 2.32. The standard InChI is InChI=1S/C22H20ClFN2O4S/c1-15-7-10-17(11-8-15)31(28,29)26(16-9-12-21(30-2)18(23)13-16)14-22(27)25-20-6-4-3-5-19(20)24/h3-13H,14H2,1-2H3,(H,25,27). The fourth-order valence-electron chi connectivity index (χ4n) is 2.85. The monoisotopic (exact) mass is 462 g/mol. The van der Waals surface area contributed by atoms with E-state index >= 15 is 0 Å². The van der Waals surface area contributed by atoms with Gasteiger partial charge in [-0.15, -0.1) is 0 Å². The number of sulfonamides is 1. The van der Waals surface area contributed by atoms with Crippen molar-refractivity contribution in [3.63, 3.8) is 0 Å². The molecule has 0 unspecified atom stereocenters. The van der Waals surface area contributed by atoms with Crippen LogP contribution in [0.2, 0.25) is 5.02 Å². The average molecular weight is 463 g/mol. The number of hydrogen-bond acceptors (Lipinski definition) is 4. The number of carbonyl (C=O) groups is 1. The molecule has 3 aromatic rings. The summed E-state index contributed by atoms with van der Waals surface area (Å²) in [6, 6.07) is 16.2. The molecule has 0 aliphatic rings. The van der Waals surface area contributed by atoms with Crippen molar-refractivity contribution in [3.8, 4) is 5.75 Å². The molecule has 162 valence electrons. The molecule has 3 rings (SSSR count). The van der Waals surface area contributed by atoms with Gasteiger partial charge in [-0.2, -0.15) is 0 Å². The number of anilines is 2. The SMILES string of the molecule is COc1ccc(N(CC(=O)Nc2ccccc2F)S(=O)(=O)c2ccc(C)cc2)cc1Cl. The molecule has 0 aromatic heterocycles. The second-order valence-electron chi connectivity index (χ2n) is 6.67. The van der Waals surface area contributed by atoms with E-state index in [1.807, 2.05) is 6.92 Å². The Morgan fingerprint density at radius 2 is 1.77 bits per heavy atom. The maximum absolute atomic E-state index is 13.9. The lowest BCUT2D eigenvalue weighted by Gasteiger charge is -2.24. The first-order chi connectivity index (χ1) is 14.7. The van der Waals surface area contributed by atoms with Crippen LogP contribution in [-0.4, -0.2) is 28.0 Å². The molecule has 0 heterocycles. The third kappa shape index (κ3) is 5.15. The second kappa shape index (κ2) is 9.36. The van der Waals surface area contributed by atoms with E-state index in [4.69, 9.17) is 16.3 Å². The van der Waals surface area contributed by atoms with Crippen LogP contribution in [0.15, 0.2) is 71.6 Å². The summed E-state index contributed by atoms with van der Waals surface area (Å²) >= 11 is 6.18. The smallest absolute Gasteiger partial charge is 0.264 e. The van der Waals surface area contributed by atoms with Gasteiger partial charge >= 0.3 is 0 Å². The lowest BCUT2D eigenvalue weighted by Crippen LogP contribution is -2.38. The van der Waals surface area contributed by atoms with Crippen LogP contribution in [0.25, 0.3) is 0 Å². The zero-order valence-electron chi connectivity index (χ0n) is 16.8. The third-order valence-corrected chi connectivity index (χ3v) is 6.55. The molecule has 0 aliphatic carbocycles. The Balaban J connectivity index is 1.99. The van der Waals surface area contributed by atoms with Gasteiger partial charge in [-0.1, -0.05) is 41.4 Å². The summed E-state index contributed by atoms with van der Waals surface area (Å²) in [5, 5.41) is 2.58. The lowest BCUT2D eigenvalue weighted by molar-refractivity contribution is -0.114. The summed E-state index contributed by atoms with van der Waals surface area (Å²) in [6.45, 7) is 1.24. The first-order valence-electron chi connectivity index (χ1n) is 9.19. The number of halogens is 2. The van der Waals surface area contributed by atoms with Crippen LogP contribution >= 0.6 is 11.6 Å². The van der Waals surface area contributed by atoms with Gasteiger partial charge in [-0.25, -0.2) is 12.8 Å². The molecule has 0 radical (unpaired) electrons. The van der Waals surface area contributed by atoms with Gasteiger partial charge in [0.25, 0.3) is 10.0 Å². The molecule has 0 atom stereocenters. The lowest BCUT2D eigenvalue weighted by atomic mass is 10.2. The maximum atomic E-state index is 13.9. The number of carbonyl (C=O) groups excluding carboxylic acids is 1. The second-order valence-corrected chi connectivity index (χ2v) is 8.94. The van der Waals surface area contributed by atoms with Crippen molar-refractivity contribution >= 4 is 38.9 Å². The first-order valence-corrected chi connectivity index (χ1v) is 11.0. The van der Waals surface area contributed by atoms with Gasteiger partial charge < -0.3 is 10.1 Å². The van der Waals surface area contributed by atoms with Gasteiger partial charge in [-0.05, 0) is 49.4 Å². The van der Waals surface area contributed by atoms with Crippen LogP contribution in [0.1, 0.15) is 5.56 Å². The maximum Gasteiger partial charge on any atom is 0.264 e. The molecule has 0 saturated carbocycles. The van der Waals surface area contributed by atoms with E-state index in [1.165, 1.54) is 55.6 Å². The Hall–Kier alpha value is -3.10. The predicted molar refractivity (Wildman–Crippen MR) is 119 cm³/mol. The molecule has 31 heavy (non-hydrogen) atoms. The Bertz CT molecular complexity index is 1200. The number of aryl methyl sites for hydroxylation is 1. The Morgan fingerprint density at radius 3 is 2.39 bits per heavy atom. The summed E-state index contributed by atoms with van der Waals surface area (Å²) < 4.78 is 46.7. The summed E-state index contributed by atoms with van der Waals surface area (Å²) in [4.78, 5) is 12.7. The normalized spacial score (nSPS) is 11.1. The number of ether oxygens (including phenoxy) is 1.